The van der Waals surface area contributed by atoms with Crippen LogP contribution < -0.4 is 15.1 Å². The summed E-state index contributed by atoms with van der Waals surface area (Å²) in [6.45, 7) is 5.20. The molecule has 6 nitrogen and oxygen atoms in total. The fraction of sp³-hybridized carbons (Fsp3) is 0.273. The average molecular weight is 382 g/mol. The van der Waals surface area contributed by atoms with Gasteiger partial charge in [0.05, 0.1) is 18.8 Å². The van der Waals surface area contributed by atoms with Crippen LogP contribution in [0.3, 0.4) is 0 Å². The van der Waals surface area contributed by atoms with Gasteiger partial charge < -0.3 is 18.6 Å². The molecule has 0 spiro atoms. The van der Waals surface area contributed by atoms with Crippen LogP contribution in [0.2, 0.25) is 0 Å². The second kappa shape index (κ2) is 8.17. The Labute approximate surface area is 162 Å². The Kier molecular flexibility index (Phi) is 5.68. The summed E-state index contributed by atoms with van der Waals surface area (Å²) in [5.41, 5.74) is 2.03. The third-order valence-electron chi connectivity index (χ3n) is 4.24. The summed E-state index contributed by atoms with van der Waals surface area (Å²) in [6.07, 6.45) is -0.204. The van der Waals surface area contributed by atoms with Crippen molar-refractivity contribution in [3.05, 3.63) is 58.4 Å². The molecule has 1 heterocycles. The summed E-state index contributed by atoms with van der Waals surface area (Å²) >= 11 is 0. The quantitative estimate of drug-likeness (QED) is 0.472. The summed E-state index contributed by atoms with van der Waals surface area (Å²) in [7, 11) is 1.59. The van der Waals surface area contributed by atoms with Crippen molar-refractivity contribution in [2.45, 2.75) is 26.9 Å². The van der Waals surface area contributed by atoms with Crippen molar-refractivity contribution in [2.24, 2.45) is 0 Å². The average Bonchev–Trinajstić information content (AvgIpc) is 2.66. The van der Waals surface area contributed by atoms with Gasteiger partial charge in [0.25, 0.3) is 0 Å². The third kappa shape index (κ3) is 4.17. The molecule has 0 aliphatic carbocycles. The van der Waals surface area contributed by atoms with Crippen molar-refractivity contribution >= 4 is 16.9 Å². The van der Waals surface area contributed by atoms with Gasteiger partial charge in [-0.3, -0.25) is 0 Å². The number of methoxy groups -OCH3 is 1. The first-order valence-corrected chi connectivity index (χ1v) is 8.93. The van der Waals surface area contributed by atoms with Crippen LogP contribution in [0.5, 0.6) is 11.5 Å². The van der Waals surface area contributed by atoms with Crippen molar-refractivity contribution in [3.8, 4) is 22.6 Å². The molecule has 146 valence electrons. The molecular formula is C22H22O6. The first kappa shape index (κ1) is 19.5. The van der Waals surface area contributed by atoms with Crippen LogP contribution >= 0.6 is 0 Å². The Bertz CT molecular complexity index is 1050. The molecule has 2 aromatic carbocycles. The zero-order valence-electron chi connectivity index (χ0n) is 16.3. The molecule has 0 saturated heterocycles. The summed E-state index contributed by atoms with van der Waals surface area (Å²) in [5.74, 6) is 0.680. The SMILES string of the molecule is COc1ccc(-c2c(C)c3ccc(OCC(=O)OC(C)C)cc3oc2=O)cc1. The number of carbonyl (C=O) groups excluding carboxylic acids is 1. The molecule has 0 N–H and O–H groups in total. The minimum atomic E-state index is -0.456. The van der Waals surface area contributed by atoms with Crippen molar-refractivity contribution in [3.63, 3.8) is 0 Å². The van der Waals surface area contributed by atoms with Crippen LogP contribution in [0.4, 0.5) is 0 Å². The predicted molar refractivity (Wildman–Crippen MR) is 106 cm³/mol. The molecule has 0 atom stereocenters. The zero-order valence-corrected chi connectivity index (χ0v) is 16.3. The fourth-order valence-electron chi connectivity index (χ4n) is 2.96. The van der Waals surface area contributed by atoms with Gasteiger partial charge in [0.15, 0.2) is 6.61 Å². The molecule has 28 heavy (non-hydrogen) atoms. The second-order valence-electron chi connectivity index (χ2n) is 6.60. The smallest absolute Gasteiger partial charge is 0.344 e. The fourth-order valence-corrected chi connectivity index (χ4v) is 2.96. The van der Waals surface area contributed by atoms with Crippen molar-refractivity contribution in [1.29, 1.82) is 0 Å². The van der Waals surface area contributed by atoms with Gasteiger partial charge in [0.2, 0.25) is 0 Å². The van der Waals surface area contributed by atoms with E-state index < -0.39 is 11.6 Å². The summed E-state index contributed by atoms with van der Waals surface area (Å²) < 4.78 is 21.2. The highest BCUT2D eigenvalue weighted by Crippen LogP contribution is 2.29. The second-order valence-corrected chi connectivity index (χ2v) is 6.60. The maximum atomic E-state index is 12.6. The zero-order chi connectivity index (χ0) is 20.3. The monoisotopic (exact) mass is 382 g/mol. The largest absolute Gasteiger partial charge is 0.497 e. The third-order valence-corrected chi connectivity index (χ3v) is 4.24. The number of esters is 1. The number of hydrogen-bond donors (Lipinski definition) is 0. The summed E-state index contributed by atoms with van der Waals surface area (Å²) in [4.78, 5) is 24.2. The minimum Gasteiger partial charge on any atom is -0.497 e. The molecule has 3 aromatic rings. The number of rotatable bonds is 6. The lowest BCUT2D eigenvalue weighted by Crippen LogP contribution is -2.18. The molecule has 0 aliphatic rings. The highest BCUT2D eigenvalue weighted by molar-refractivity contribution is 5.87. The lowest BCUT2D eigenvalue weighted by atomic mass is 9.99. The Morgan fingerprint density at radius 2 is 1.75 bits per heavy atom. The van der Waals surface area contributed by atoms with E-state index in [-0.39, 0.29) is 12.7 Å². The highest BCUT2D eigenvalue weighted by Gasteiger charge is 2.15. The first-order chi connectivity index (χ1) is 13.4. The van der Waals surface area contributed by atoms with E-state index in [1.54, 1.807) is 45.2 Å². The number of fused-ring (bicyclic) bond motifs is 1. The standard InChI is InChI=1S/C22H22O6/c1-13(2)27-20(23)12-26-17-9-10-18-14(3)21(22(24)28-19(18)11-17)15-5-7-16(25-4)8-6-15/h5-11,13H,12H2,1-4H3. The summed E-state index contributed by atoms with van der Waals surface area (Å²) in [6, 6.07) is 12.4. The van der Waals surface area contributed by atoms with Gasteiger partial charge in [-0.1, -0.05) is 12.1 Å². The van der Waals surface area contributed by atoms with Gasteiger partial charge in [-0.2, -0.15) is 0 Å². The molecule has 0 aliphatic heterocycles. The van der Waals surface area contributed by atoms with Gasteiger partial charge >= 0.3 is 11.6 Å². The van der Waals surface area contributed by atoms with Crippen LogP contribution in [-0.2, 0) is 9.53 Å². The van der Waals surface area contributed by atoms with Crippen molar-refractivity contribution in [2.75, 3.05) is 13.7 Å². The van der Waals surface area contributed by atoms with Gasteiger partial charge in [0.1, 0.15) is 17.1 Å². The highest BCUT2D eigenvalue weighted by atomic mass is 16.6. The van der Waals surface area contributed by atoms with Crippen LogP contribution in [0.25, 0.3) is 22.1 Å². The van der Waals surface area contributed by atoms with E-state index in [9.17, 15) is 9.59 Å². The first-order valence-electron chi connectivity index (χ1n) is 8.93. The van der Waals surface area contributed by atoms with Crippen molar-refractivity contribution < 1.29 is 23.4 Å². The maximum absolute atomic E-state index is 12.6. The Morgan fingerprint density at radius 3 is 2.39 bits per heavy atom. The van der Waals surface area contributed by atoms with Crippen LogP contribution in [0.15, 0.2) is 51.7 Å². The minimum absolute atomic E-state index is 0.204. The molecule has 0 radical (unpaired) electrons. The van der Waals surface area contributed by atoms with Crippen LogP contribution in [0.1, 0.15) is 19.4 Å². The van der Waals surface area contributed by atoms with E-state index in [1.165, 1.54) is 0 Å². The lowest BCUT2D eigenvalue weighted by molar-refractivity contribution is -0.149. The summed E-state index contributed by atoms with van der Waals surface area (Å²) in [5, 5.41) is 0.794. The Balaban J connectivity index is 1.92. The Hall–Kier alpha value is -3.28. The molecule has 0 saturated carbocycles. The van der Waals surface area contributed by atoms with Gasteiger partial charge in [0, 0.05) is 11.5 Å². The van der Waals surface area contributed by atoms with Crippen LogP contribution in [0, 0.1) is 6.92 Å². The van der Waals surface area contributed by atoms with E-state index in [4.69, 9.17) is 18.6 Å². The molecule has 0 unspecified atom stereocenters. The number of ether oxygens (including phenoxy) is 3. The van der Waals surface area contributed by atoms with E-state index in [0.29, 0.717) is 22.6 Å². The number of aryl methyl sites for hydroxylation is 1. The van der Waals surface area contributed by atoms with Crippen LogP contribution in [-0.4, -0.2) is 25.8 Å². The Morgan fingerprint density at radius 1 is 1.07 bits per heavy atom. The molecule has 0 fully saturated rings. The van der Waals surface area contributed by atoms with Crippen molar-refractivity contribution in [1.82, 2.24) is 0 Å². The molecule has 0 bridgehead atoms. The normalized spacial score (nSPS) is 10.9. The van der Waals surface area contributed by atoms with Gasteiger partial charge in [-0.05, 0) is 56.2 Å². The molecular weight excluding hydrogens is 360 g/mol. The number of carbonyl (C=O) groups is 1. The molecule has 0 amide bonds. The van der Waals surface area contributed by atoms with Gasteiger partial charge in [-0.25, -0.2) is 9.59 Å². The number of hydrogen-bond acceptors (Lipinski definition) is 6. The lowest BCUT2D eigenvalue weighted by Gasteiger charge is -2.11. The molecule has 6 heteroatoms. The van der Waals surface area contributed by atoms with E-state index in [0.717, 1.165) is 16.5 Å². The van der Waals surface area contributed by atoms with Gasteiger partial charge in [-0.15, -0.1) is 0 Å². The molecule has 1 aromatic heterocycles. The van der Waals surface area contributed by atoms with E-state index in [2.05, 4.69) is 0 Å². The predicted octanol–water partition coefficient (Wildman–Crippen LogP) is 4.11. The molecule has 3 rings (SSSR count). The maximum Gasteiger partial charge on any atom is 0.344 e. The topological polar surface area (TPSA) is 75.0 Å². The van der Waals surface area contributed by atoms with E-state index in [1.807, 2.05) is 25.1 Å². The number of benzene rings is 2. The van der Waals surface area contributed by atoms with E-state index >= 15 is 0 Å².